The fourth-order valence-electron chi connectivity index (χ4n) is 2.02. The van der Waals surface area contributed by atoms with Gasteiger partial charge in [0.2, 0.25) is 5.91 Å². The Kier molecular flexibility index (Phi) is 4.88. The van der Waals surface area contributed by atoms with Crippen LogP contribution in [-0.4, -0.2) is 22.4 Å². The maximum absolute atomic E-state index is 12.5. The molecule has 122 valence electrons. The average molecular weight is 324 g/mol. The lowest BCUT2D eigenvalue weighted by Crippen LogP contribution is -2.33. The highest BCUT2D eigenvalue weighted by Crippen LogP contribution is 2.29. The number of rotatable bonds is 4. The molecule has 0 fully saturated rings. The van der Waals surface area contributed by atoms with Crippen LogP contribution in [0.1, 0.15) is 11.1 Å². The Labute approximate surface area is 130 Å². The van der Waals surface area contributed by atoms with Gasteiger partial charge in [-0.15, -0.1) is 0 Å². The minimum Gasteiger partial charge on any atom is -0.340 e. The van der Waals surface area contributed by atoms with E-state index in [1.807, 2.05) is 0 Å². The molecule has 0 aliphatic carbocycles. The van der Waals surface area contributed by atoms with Crippen LogP contribution in [0.3, 0.4) is 0 Å². The number of hydrogen-bond acceptors (Lipinski definition) is 2. The summed E-state index contributed by atoms with van der Waals surface area (Å²) >= 11 is 0. The minimum absolute atomic E-state index is 0.114. The van der Waals surface area contributed by atoms with Crippen molar-refractivity contribution in [3.8, 4) is 0 Å². The molecule has 0 aliphatic rings. The van der Waals surface area contributed by atoms with Crippen LogP contribution in [0.25, 0.3) is 0 Å². The highest BCUT2D eigenvalue weighted by Gasteiger charge is 2.29. The topological polar surface area (TPSA) is 42.3 Å². The van der Waals surface area contributed by atoms with Gasteiger partial charge in [-0.1, -0.05) is 18.2 Å². The zero-order valence-corrected chi connectivity index (χ0v) is 12.4. The molecule has 0 radical (unpaired) electrons. The molecule has 0 saturated heterocycles. The molecule has 1 amide bonds. The monoisotopic (exact) mass is 324 g/mol. The second kappa shape index (κ2) is 6.68. The Morgan fingerprint density at radius 3 is 2.35 bits per heavy atom. The van der Waals surface area contributed by atoms with Crippen LogP contribution < -0.4 is 5.56 Å². The summed E-state index contributed by atoms with van der Waals surface area (Å²) in [6, 6.07) is 9.20. The summed E-state index contributed by atoms with van der Waals surface area (Å²) in [5.41, 5.74) is -0.441. The Balaban J connectivity index is 2.01. The summed E-state index contributed by atoms with van der Waals surface area (Å²) in [6.07, 6.45) is -2.87. The highest BCUT2D eigenvalue weighted by molar-refractivity contribution is 5.75. The molecule has 0 N–H and O–H groups in total. The van der Waals surface area contributed by atoms with E-state index in [9.17, 15) is 22.8 Å². The number of aromatic nitrogens is 1. The minimum atomic E-state index is -4.38. The van der Waals surface area contributed by atoms with Crippen molar-refractivity contribution in [1.29, 1.82) is 0 Å². The Morgan fingerprint density at radius 2 is 1.78 bits per heavy atom. The van der Waals surface area contributed by atoms with E-state index in [4.69, 9.17) is 0 Å². The first-order valence-corrected chi connectivity index (χ1v) is 6.83. The predicted molar refractivity (Wildman–Crippen MR) is 78.6 cm³/mol. The smallest absolute Gasteiger partial charge is 0.340 e. The molecule has 1 heterocycles. The van der Waals surface area contributed by atoms with Crippen LogP contribution in [0.5, 0.6) is 0 Å². The molecule has 7 heteroatoms. The number of likely N-dealkylation sites (N-methyl/N-ethyl adjacent to an activating group) is 1. The SMILES string of the molecule is CN(Cc1ccc(C(F)(F)F)cc1)C(=O)Cn1ccccc1=O. The number of benzene rings is 1. The van der Waals surface area contributed by atoms with Crippen molar-refractivity contribution >= 4 is 5.91 Å². The number of halogens is 3. The highest BCUT2D eigenvalue weighted by atomic mass is 19.4. The van der Waals surface area contributed by atoms with Gasteiger partial charge >= 0.3 is 6.18 Å². The van der Waals surface area contributed by atoms with Crippen LogP contribution >= 0.6 is 0 Å². The summed E-state index contributed by atoms with van der Waals surface area (Å²) in [7, 11) is 1.54. The van der Waals surface area contributed by atoms with E-state index in [0.717, 1.165) is 12.1 Å². The average Bonchev–Trinajstić information content (AvgIpc) is 2.49. The molecule has 23 heavy (non-hydrogen) atoms. The third-order valence-electron chi connectivity index (χ3n) is 3.33. The van der Waals surface area contributed by atoms with Gasteiger partial charge in [0.15, 0.2) is 0 Å². The molecule has 1 aromatic carbocycles. The van der Waals surface area contributed by atoms with Gasteiger partial charge in [0.25, 0.3) is 5.56 Å². The van der Waals surface area contributed by atoms with Crippen LogP contribution in [-0.2, 0) is 24.1 Å². The molecule has 0 atom stereocenters. The zero-order valence-electron chi connectivity index (χ0n) is 12.4. The number of hydrogen-bond donors (Lipinski definition) is 0. The summed E-state index contributed by atoms with van der Waals surface area (Å²) in [5.74, 6) is -0.307. The quantitative estimate of drug-likeness (QED) is 0.867. The van der Waals surface area contributed by atoms with E-state index in [0.29, 0.717) is 5.56 Å². The number of alkyl halides is 3. The van der Waals surface area contributed by atoms with Crippen molar-refractivity contribution in [2.24, 2.45) is 0 Å². The van der Waals surface area contributed by atoms with Gasteiger partial charge < -0.3 is 9.47 Å². The number of carbonyl (C=O) groups excluding carboxylic acids is 1. The van der Waals surface area contributed by atoms with Gasteiger partial charge in [-0.2, -0.15) is 13.2 Å². The maximum Gasteiger partial charge on any atom is 0.416 e. The normalized spacial score (nSPS) is 11.3. The largest absolute Gasteiger partial charge is 0.416 e. The van der Waals surface area contributed by atoms with E-state index < -0.39 is 11.7 Å². The molecular formula is C16H15F3N2O2. The predicted octanol–water partition coefficient (Wildman–Crippen LogP) is 2.53. The molecule has 0 bridgehead atoms. The van der Waals surface area contributed by atoms with Crippen LogP contribution in [0.4, 0.5) is 13.2 Å². The second-order valence-electron chi connectivity index (χ2n) is 5.11. The van der Waals surface area contributed by atoms with Crippen molar-refractivity contribution in [2.45, 2.75) is 19.3 Å². The number of nitrogens with zero attached hydrogens (tertiary/aromatic N) is 2. The van der Waals surface area contributed by atoms with Gasteiger partial charge in [0.05, 0.1) is 5.56 Å². The van der Waals surface area contributed by atoms with E-state index in [1.54, 1.807) is 12.1 Å². The van der Waals surface area contributed by atoms with E-state index in [-0.39, 0.29) is 24.6 Å². The molecule has 1 aromatic heterocycles. The van der Waals surface area contributed by atoms with Crippen molar-refractivity contribution in [1.82, 2.24) is 9.47 Å². The number of pyridine rings is 1. The first-order valence-electron chi connectivity index (χ1n) is 6.83. The van der Waals surface area contributed by atoms with E-state index >= 15 is 0 Å². The lowest BCUT2D eigenvalue weighted by atomic mass is 10.1. The third-order valence-corrected chi connectivity index (χ3v) is 3.33. The van der Waals surface area contributed by atoms with Gasteiger partial charge in [0.1, 0.15) is 6.54 Å². The van der Waals surface area contributed by atoms with Crippen LogP contribution in [0.2, 0.25) is 0 Å². The van der Waals surface area contributed by atoms with Gasteiger partial charge in [-0.05, 0) is 23.8 Å². The summed E-state index contributed by atoms with van der Waals surface area (Å²) in [5, 5.41) is 0. The molecule has 0 unspecified atom stereocenters. The van der Waals surface area contributed by atoms with Gasteiger partial charge in [-0.3, -0.25) is 9.59 Å². The standard InChI is InChI=1S/C16H15F3N2O2/c1-20(15(23)11-21-9-3-2-4-14(21)22)10-12-5-7-13(8-6-12)16(17,18)19/h2-9H,10-11H2,1H3. The molecular weight excluding hydrogens is 309 g/mol. The van der Waals surface area contributed by atoms with Crippen LogP contribution in [0, 0.1) is 0 Å². The first-order chi connectivity index (χ1) is 10.8. The number of carbonyl (C=O) groups is 1. The lowest BCUT2D eigenvalue weighted by Gasteiger charge is -2.18. The Morgan fingerprint density at radius 1 is 1.13 bits per heavy atom. The summed E-state index contributed by atoms with van der Waals surface area (Å²) < 4.78 is 38.8. The molecule has 0 saturated carbocycles. The van der Waals surface area contributed by atoms with Gasteiger partial charge in [-0.25, -0.2) is 0 Å². The zero-order chi connectivity index (χ0) is 17.0. The molecule has 0 spiro atoms. The van der Waals surface area contributed by atoms with Crippen molar-refractivity contribution in [3.05, 3.63) is 70.1 Å². The molecule has 4 nitrogen and oxygen atoms in total. The summed E-state index contributed by atoms with van der Waals surface area (Å²) in [4.78, 5) is 25.0. The molecule has 2 aromatic rings. The van der Waals surface area contributed by atoms with Crippen molar-refractivity contribution in [2.75, 3.05) is 7.05 Å². The molecule has 2 rings (SSSR count). The van der Waals surface area contributed by atoms with Gasteiger partial charge in [0, 0.05) is 25.9 Å². The van der Waals surface area contributed by atoms with Crippen molar-refractivity contribution < 1.29 is 18.0 Å². The second-order valence-corrected chi connectivity index (χ2v) is 5.11. The van der Waals surface area contributed by atoms with Crippen molar-refractivity contribution in [3.63, 3.8) is 0 Å². The summed E-state index contributed by atoms with van der Waals surface area (Å²) in [6.45, 7) is 0.0510. The Hall–Kier alpha value is -2.57. The lowest BCUT2D eigenvalue weighted by molar-refractivity contribution is -0.137. The first kappa shape index (κ1) is 16.8. The maximum atomic E-state index is 12.5. The fourth-order valence-corrected chi connectivity index (χ4v) is 2.02. The van der Waals surface area contributed by atoms with Crippen LogP contribution in [0.15, 0.2) is 53.5 Å². The fraction of sp³-hybridized carbons (Fsp3) is 0.250. The van der Waals surface area contributed by atoms with E-state index in [1.165, 1.54) is 40.9 Å². The number of amides is 1. The Bertz CT molecular complexity index is 736. The molecule has 0 aliphatic heterocycles. The third kappa shape index (κ3) is 4.45. The van der Waals surface area contributed by atoms with E-state index in [2.05, 4.69) is 0 Å².